The number of aromatic amines is 1. The summed E-state index contributed by atoms with van der Waals surface area (Å²) < 4.78 is 0. The van der Waals surface area contributed by atoms with E-state index in [2.05, 4.69) is 15.0 Å². The van der Waals surface area contributed by atoms with Gasteiger partial charge in [0.15, 0.2) is 0 Å². The Balaban J connectivity index is 1.80. The second-order valence-electron chi connectivity index (χ2n) is 4.18. The second-order valence-corrected chi connectivity index (χ2v) is 5.12. The minimum atomic E-state index is -0.861. The Morgan fingerprint density at radius 2 is 2.16 bits per heavy atom. The van der Waals surface area contributed by atoms with Crippen LogP contribution in [-0.2, 0) is 17.6 Å². The molecule has 3 aromatic rings. The van der Waals surface area contributed by atoms with Gasteiger partial charge in [-0.3, -0.25) is 4.79 Å². The van der Waals surface area contributed by atoms with Gasteiger partial charge < -0.3 is 10.1 Å². The summed E-state index contributed by atoms with van der Waals surface area (Å²) in [7, 11) is 0. The highest BCUT2D eigenvalue weighted by Crippen LogP contribution is 2.16. The molecule has 0 aliphatic rings. The number of aliphatic carboxylic acids is 1. The number of aromatic nitrogens is 3. The van der Waals surface area contributed by atoms with E-state index in [4.69, 9.17) is 5.11 Å². The van der Waals surface area contributed by atoms with Crippen molar-refractivity contribution in [3.05, 3.63) is 46.2 Å². The highest BCUT2D eigenvalue weighted by Gasteiger charge is 2.09. The summed E-state index contributed by atoms with van der Waals surface area (Å²) in [5, 5.41) is 11.4. The Morgan fingerprint density at radius 3 is 2.95 bits per heavy atom. The first-order valence-electron chi connectivity index (χ1n) is 5.79. The molecule has 0 bridgehead atoms. The average molecular weight is 273 g/mol. The van der Waals surface area contributed by atoms with Crippen molar-refractivity contribution in [3.63, 3.8) is 0 Å². The van der Waals surface area contributed by atoms with Gasteiger partial charge in [-0.25, -0.2) is 9.97 Å². The number of imidazole rings is 1. The predicted molar refractivity (Wildman–Crippen MR) is 72.4 cm³/mol. The second kappa shape index (κ2) is 4.81. The molecule has 19 heavy (non-hydrogen) atoms. The smallest absolute Gasteiger partial charge is 0.309 e. The Morgan fingerprint density at radius 1 is 1.32 bits per heavy atom. The number of carbonyl (C=O) groups is 1. The van der Waals surface area contributed by atoms with Gasteiger partial charge in [0.1, 0.15) is 10.8 Å². The standard InChI is InChI=1S/C13H11N3O2S/c17-13(18)5-8-7-19-12(14-8)6-11-15-9-3-1-2-4-10(9)16-11/h1-4,7H,5-6H2,(H,15,16)(H,17,18). The van der Waals surface area contributed by atoms with Crippen molar-refractivity contribution >= 4 is 28.3 Å². The van der Waals surface area contributed by atoms with E-state index in [0.29, 0.717) is 12.1 Å². The van der Waals surface area contributed by atoms with E-state index in [1.165, 1.54) is 11.3 Å². The summed E-state index contributed by atoms with van der Waals surface area (Å²) in [6, 6.07) is 7.83. The summed E-state index contributed by atoms with van der Waals surface area (Å²) in [5.74, 6) is -0.0157. The van der Waals surface area contributed by atoms with Crippen LogP contribution in [0.3, 0.4) is 0 Å². The van der Waals surface area contributed by atoms with Crippen LogP contribution in [0.1, 0.15) is 16.5 Å². The van der Waals surface area contributed by atoms with Gasteiger partial charge in [0.05, 0.1) is 29.6 Å². The van der Waals surface area contributed by atoms with Gasteiger partial charge >= 0.3 is 5.97 Å². The van der Waals surface area contributed by atoms with Crippen LogP contribution in [0.2, 0.25) is 0 Å². The number of para-hydroxylation sites is 2. The fourth-order valence-corrected chi connectivity index (χ4v) is 2.70. The first kappa shape index (κ1) is 11.9. The molecule has 96 valence electrons. The largest absolute Gasteiger partial charge is 0.481 e. The minimum Gasteiger partial charge on any atom is -0.481 e. The molecule has 6 heteroatoms. The van der Waals surface area contributed by atoms with Crippen LogP contribution in [0, 0.1) is 0 Å². The molecule has 2 N–H and O–H groups in total. The molecule has 0 fully saturated rings. The summed E-state index contributed by atoms with van der Waals surface area (Å²) in [4.78, 5) is 22.6. The first-order valence-corrected chi connectivity index (χ1v) is 6.67. The zero-order valence-corrected chi connectivity index (χ0v) is 10.8. The van der Waals surface area contributed by atoms with E-state index < -0.39 is 5.97 Å². The molecule has 2 heterocycles. The molecule has 0 spiro atoms. The van der Waals surface area contributed by atoms with E-state index >= 15 is 0 Å². The Hall–Kier alpha value is -2.21. The maximum atomic E-state index is 10.6. The van der Waals surface area contributed by atoms with Gasteiger partial charge in [0.25, 0.3) is 0 Å². The molecule has 0 saturated carbocycles. The Labute approximate surface area is 113 Å². The third-order valence-corrected chi connectivity index (χ3v) is 3.59. The number of thiazole rings is 1. The van der Waals surface area contributed by atoms with Gasteiger partial charge in [-0.1, -0.05) is 12.1 Å². The van der Waals surface area contributed by atoms with E-state index in [9.17, 15) is 4.79 Å². The van der Waals surface area contributed by atoms with Gasteiger partial charge in [-0.05, 0) is 12.1 Å². The van der Waals surface area contributed by atoms with Crippen LogP contribution in [0.4, 0.5) is 0 Å². The van der Waals surface area contributed by atoms with Crippen LogP contribution >= 0.6 is 11.3 Å². The topological polar surface area (TPSA) is 78.9 Å². The lowest BCUT2D eigenvalue weighted by Crippen LogP contribution is -2.00. The summed E-state index contributed by atoms with van der Waals surface area (Å²) in [6.45, 7) is 0. The summed E-state index contributed by atoms with van der Waals surface area (Å²) in [6.07, 6.45) is 0.565. The van der Waals surface area contributed by atoms with Gasteiger partial charge in [0, 0.05) is 5.38 Å². The fraction of sp³-hybridized carbons (Fsp3) is 0.154. The lowest BCUT2D eigenvalue weighted by Gasteiger charge is -1.91. The molecule has 3 rings (SSSR count). The number of benzene rings is 1. The lowest BCUT2D eigenvalue weighted by atomic mass is 10.3. The highest BCUT2D eigenvalue weighted by atomic mass is 32.1. The van der Waals surface area contributed by atoms with E-state index in [-0.39, 0.29) is 6.42 Å². The predicted octanol–water partition coefficient (Wildman–Crippen LogP) is 2.24. The molecule has 5 nitrogen and oxygen atoms in total. The van der Waals surface area contributed by atoms with E-state index in [1.807, 2.05) is 24.3 Å². The first-order chi connectivity index (χ1) is 9.20. The molecule has 0 saturated heterocycles. The Kier molecular flexibility index (Phi) is 3.00. The van der Waals surface area contributed by atoms with Crippen LogP contribution in [0.15, 0.2) is 29.6 Å². The molecule has 0 amide bonds. The minimum absolute atomic E-state index is 0.0311. The third kappa shape index (κ3) is 2.63. The van der Waals surface area contributed by atoms with Crippen LogP contribution in [0.25, 0.3) is 11.0 Å². The number of fused-ring (bicyclic) bond motifs is 1. The fourth-order valence-electron chi connectivity index (χ4n) is 1.90. The highest BCUT2D eigenvalue weighted by molar-refractivity contribution is 7.09. The molecular weight excluding hydrogens is 262 g/mol. The van der Waals surface area contributed by atoms with Crippen LogP contribution < -0.4 is 0 Å². The summed E-state index contributed by atoms with van der Waals surface area (Å²) in [5.41, 5.74) is 2.53. The molecular formula is C13H11N3O2S. The number of hydrogen-bond donors (Lipinski definition) is 2. The monoisotopic (exact) mass is 273 g/mol. The normalized spacial score (nSPS) is 10.9. The zero-order chi connectivity index (χ0) is 13.2. The lowest BCUT2D eigenvalue weighted by molar-refractivity contribution is -0.136. The van der Waals surface area contributed by atoms with E-state index in [0.717, 1.165) is 21.9 Å². The van der Waals surface area contributed by atoms with Gasteiger partial charge in [-0.2, -0.15) is 0 Å². The molecule has 0 aliphatic heterocycles. The maximum Gasteiger partial charge on any atom is 0.309 e. The number of H-pyrrole nitrogens is 1. The quantitative estimate of drug-likeness (QED) is 0.764. The summed E-state index contributed by atoms with van der Waals surface area (Å²) >= 11 is 1.46. The van der Waals surface area contributed by atoms with Crippen molar-refractivity contribution in [1.29, 1.82) is 0 Å². The maximum absolute atomic E-state index is 10.6. The molecule has 0 aliphatic carbocycles. The van der Waals surface area contributed by atoms with Crippen molar-refractivity contribution < 1.29 is 9.90 Å². The van der Waals surface area contributed by atoms with Crippen molar-refractivity contribution in [2.45, 2.75) is 12.8 Å². The number of carboxylic acids is 1. The molecule has 2 aromatic heterocycles. The van der Waals surface area contributed by atoms with Crippen molar-refractivity contribution in [2.24, 2.45) is 0 Å². The number of nitrogens with one attached hydrogen (secondary N) is 1. The number of rotatable bonds is 4. The van der Waals surface area contributed by atoms with Gasteiger partial charge in [-0.15, -0.1) is 11.3 Å². The SMILES string of the molecule is O=C(O)Cc1csc(Cc2nc3ccccc3[nH]2)n1. The van der Waals surface area contributed by atoms with Crippen molar-refractivity contribution in [1.82, 2.24) is 15.0 Å². The molecule has 1 aromatic carbocycles. The number of hydrogen-bond acceptors (Lipinski definition) is 4. The number of carboxylic acid groups (broad SMARTS) is 1. The van der Waals surface area contributed by atoms with E-state index in [1.54, 1.807) is 5.38 Å². The zero-order valence-electron chi connectivity index (χ0n) is 9.96. The number of nitrogens with zero attached hydrogens (tertiary/aromatic N) is 2. The van der Waals surface area contributed by atoms with Crippen LogP contribution in [0.5, 0.6) is 0 Å². The van der Waals surface area contributed by atoms with Gasteiger partial charge in [0.2, 0.25) is 0 Å². The average Bonchev–Trinajstić information content (AvgIpc) is 2.94. The Bertz CT molecular complexity index is 699. The van der Waals surface area contributed by atoms with Crippen molar-refractivity contribution in [3.8, 4) is 0 Å². The molecule has 0 radical (unpaired) electrons. The molecule has 0 unspecified atom stereocenters. The molecule has 0 atom stereocenters. The van der Waals surface area contributed by atoms with Crippen molar-refractivity contribution in [2.75, 3.05) is 0 Å². The third-order valence-electron chi connectivity index (χ3n) is 2.69. The van der Waals surface area contributed by atoms with Crippen LogP contribution in [-0.4, -0.2) is 26.0 Å².